The zero-order chi connectivity index (χ0) is 14.1. The van der Waals surface area contributed by atoms with E-state index in [1.165, 1.54) is 10.3 Å². The highest BCUT2D eigenvalue weighted by Gasteiger charge is 2.07. The van der Waals surface area contributed by atoms with Gasteiger partial charge in [-0.05, 0) is 38.3 Å². The van der Waals surface area contributed by atoms with Crippen LogP contribution in [-0.2, 0) is 6.54 Å². The molecule has 2 heterocycles. The van der Waals surface area contributed by atoms with Crippen LogP contribution in [0.15, 0.2) is 22.5 Å². The first-order chi connectivity index (χ1) is 9.67. The maximum atomic E-state index is 4.55. The number of anilines is 1. The lowest BCUT2D eigenvalue weighted by atomic mass is 10.2. The topological polar surface area (TPSA) is 53.6 Å². The molecule has 0 aliphatic rings. The van der Waals surface area contributed by atoms with Gasteiger partial charge in [-0.1, -0.05) is 11.8 Å². The molecular weight excluding hydrogens is 288 g/mol. The van der Waals surface area contributed by atoms with E-state index in [1.807, 2.05) is 13.8 Å². The Hall–Kier alpha value is -1.53. The van der Waals surface area contributed by atoms with Crippen molar-refractivity contribution >= 4 is 39.0 Å². The van der Waals surface area contributed by atoms with E-state index in [1.54, 1.807) is 23.1 Å². The molecule has 1 aromatic carbocycles. The van der Waals surface area contributed by atoms with E-state index in [4.69, 9.17) is 0 Å². The molecule has 0 aliphatic heterocycles. The van der Waals surface area contributed by atoms with Crippen LogP contribution in [0.4, 0.5) is 5.69 Å². The summed E-state index contributed by atoms with van der Waals surface area (Å²) in [5.74, 6) is 0. The van der Waals surface area contributed by atoms with Gasteiger partial charge in [0.15, 0.2) is 4.34 Å². The highest BCUT2D eigenvalue weighted by atomic mass is 32.2. The second kappa shape index (κ2) is 5.46. The van der Waals surface area contributed by atoms with Crippen molar-refractivity contribution in [1.82, 2.24) is 15.2 Å². The summed E-state index contributed by atoms with van der Waals surface area (Å²) in [6.07, 6.45) is 2.06. The Labute approximate surface area is 126 Å². The van der Waals surface area contributed by atoms with Crippen molar-refractivity contribution in [3.05, 3.63) is 35.2 Å². The van der Waals surface area contributed by atoms with Crippen LogP contribution in [0.25, 0.3) is 10.2 Å². The van der Waals surface area contributed by atoms with Crippen LogP contribution in [0.5, 0.6) is 0 Å². The van der Waals surface area contributed by atoms with Gasteiger partial charge in [-0.15, -0.1) is 11.3 Å². The fraction of sp³-hybridized carbons (Fsp3) is 0.286. The van der Waals surface area contributed by atoms with Gasteiger partial charge in [-0.3, -0.25) is 5.10 Å². The first-order valence-electron chi connectivity index (χ1n) is 6.36. The number of aromatic nitrogens is 3. The number of H-pyrrole nitrogens is 1. The number of nitrogens with one attached hydrogen (secondary N) is 2. The summed E-state index contributed by atoms with van der Waals surface area (Å²) in [6.45, 7) is 4.86. The van der Waals surface area contributed by atoms with E-state index in [2.05, 4.69) is 45.0 Å². The molecule has 3 rings (SSSR count). The summed E-state index contributed by atoms with van der Waals surface area (Å²) in [6, 6.07) is 6.32. The fourth-order valence-corrected chi connectivity index (χ4v) is 3.65. The number of hydrogen-bond acceptors (Lipinski definition) is 5. The third-order valence-electron chi connectivity index (χ3n) is 3.29. The van der Waals surface area contributed by atoms with Crippen molar-refractivity contribution < 1.29 is 0 Å². The van der Waals surface area contributed by atoms with Gasteiger partial charge in [0.1, 0.15) is 0 Å². The molecule has 3 aromatic rings. The lowest BCUT2D eigenvalue weighted by Crippen LogP contribution is -2.01. The van der Waals surface area contributed by atoms with Gasteiger partial charge < -0.3 is 5.32 Å². The van der Waals surface area contributed by atoms with Crippen LogP contribution in [0.2, 0.25) is 0 Å². The summed E-state index contributed by atoms with van der Waals surface area (Å²) in [7, 11) is 0. The van der Waals surface area contributed by atoms with Crippen LogP contribution >= 0.6 is 23.1 Å². The molecule has 0 saturated carbocycles. The van der Waals surface area contributed by atoms with E-state index in [-0.39, 0.29) is 0 Å². The van der Waals surface area contributed by atoms with Crippen LogP contribution in [0, 0.1) is 13.8 Å². The standard InChI is InChI=1S/C14H16N4S2/c1-8-11(9(2)18-17-8)7-15-10-4-5-12-13(6-10)20-14(16-12)19-3/h4-6,15H,7H2,1-3H3,(H,17,18). The molecule has 0 radical (unpaired) electrons. The molecule has 0 unspecified atom stereocenters. The van der Waals surface area contributed by atoms with E-state index in [9.17, 15) is 0 Å². The molecule has 0 amide bonds. The molecule has 0 spiro atoms. The number of nitrogens with zero attached hydrogens (tertiary/aromatic N) is 2. The molecule has 0 bridgehead atoms. The molecule has 4 nitrogen and oxygen atoms in total. The summed E-state index contributed by atoms with van der Waals surface area (Å²) in [4.78, 5) is 4.55. The number of hydrogen-bond donors (Lipinski definition) is 2. The first kappa shape index (κ1) is 13.5. The van der Waals surface area contributed by atoms with Crippen molar-refractivity contribution in [2.75, 3.05) is 11.6 Å². The smallest absolute Gasteiger partial charge is 0.150 e. The Morgan fingerprint density at radius 2 is 2.20 bits per heavy atom. The zero-order valence-electron chi connectivity index (χ0n) is 11.7. The van der Waals surface area contributed by atoms with Crippen LogP contribution in [0.3, 0.4) is 0 Å². The van der Waals surface area contributed by atoms with Crippen LogP contribution in [0.1, 0.15) is 17.0 Å². The Morgan fingerprint density at radius 1 is 1.35 bits per heavy atom. The molecule has 0 aliphatic carbocycles. The fourth-order valence-electron chi connectivity index (χ4n) is 2.13. The predicted molar refractivity (Wildman–Crippen MR) is 86.8 cm³/mol. The highest BCUT2D eigenvalue weighted by molar-refractivity contribution is 8.00. The van der Waals surface area contributed by atoms with Gasteiger partial charge >= 0.3 is 0 Å². The second-order valence-electron chi connectivity index (χ2n) is 4.63. The minimum absolute atomic E-state index is 0.786. The highest BCUT2D eigenvalue weighted by Crippen LogP contribution is 2.30. The van der Waals surface area contributed by atoms with Gasteiger partial charge in [-0.25, -0.2) is 4.98 Å². The number of aryl methyl sites for hydroxylation is 2. The molecule has 20 heavy (non-hydrogen) atoms. The minimum Gasteiger partial charge on any atom is -0.381 e. The Bertz CT molecular complexity index is 725. The molecule has 2 aromatic heterocycles. The van der Waals surface area contributed by atoms with Gasteiger partial charge in [-0.2, -0.15) is 5.10 Å². The number of thiazole rings is 1. The van der Waals surface area contributed by atoms with Crippen molar-refractivity contribution in [2.24, 2.45) is 0 Å². The molecule has 0 saturated heterocycles. The summed E-state index contributed by atoms with van der Waals surface area (Å²) in [5, 5.41) is 10.7. The largest absolute Gasteiger partial charge is 0.381 e. The van der Waals surface area contributed by atoms with Gasteiger partial charge in [0, 0.05) is 23.5 Å². The van der Waals surface area contributed by atoms with Crippen molar-refractivity contribution in [1.29, 1.82) is 0 Å². The number of thioether (sulfide) groups is 1. The number of benzene rings is 1. The van der Waals surface area contributed by atoms with Crippen LogP contribution in [-0.4, -0.2) is 21.4 Å². The summed E-state index contributed by atoms with van der Waals surface area (Å²) >= 11 is 3.42. The normalized spacial score (nSPS) is 11.2. The zero-order valence-corrected chi connectivity index (χ0v) is 13.3. The van der Waals surface area contributed by atoms with Gasteiger partial charge in [0.25, 0.3) is 0 Å². The van der Waals surface area contributed by atoms with Crippen LogP contribution < -0.4 is 5.32 Å². The Morgan fingerprint density at radius 3 is 2.90 bits per heavy atom. The SMILES string of the molecule is CSc1nc2ccc(NCc3c(C)n[nH]c3C)cc2s1. The maximum Gasteiger partial charge on any atom is 0.150 e. The van der Waals surface area contributed by atoms with Gasteiger partial charge in [0.2, 0.25) is 0 Å². The summed E-state index contributed by atoms with van der Waals surface area (Å²) < 4.78 is 2.33. The van der Waals surface area contributed by atoms with Crippen molar-refractivity contribution in [3.63, 3.8) is 0 Å². The van der Waals surface area contributed by atoms with E-state index >= 15 is 0 Å². The van der Waals surface area contributed by atoms with Crippen molar-refractivity contribution in [2.45, 2.75) is 24.7 Å². The lowest BCUT2D eigenvalue weighted by Gasteiger charge is -2.06. The average Bonchev–Trinajstić information content (AvgIpc) is 3.00. The Balaban J connectivity index is 1.80. The minimum atomic E-state index is 0.786. The quantitative estimate of drug-likeness (QED) is 0.716. The molecular formula is C14H16N4S2. The number of aromatic amines is 1. The molecule has 2 N–H and O–H groups in total. The number of fused-ring (bicyclic) bond motifs is 1. The first-order valence-corrected chi connectivity index (χ1v) is 8.40. The lowest BCUT2D eigenvalue weighted by molar-refractivity contribution is 1.02. The predicted octanol–water partition coefficient (Wildman–Crippen LogP) is 3.97. The molecule has 0 atom stereocenters. The van der Waals surface area contributed by atoms with E-state index in [0.717, 1.165) is 33.5 Å². The van der Waals surface area contributed by atoms with Crippen molar-refractivity contribution in [3.8, 4) is 0 Å². The third kappa shape index (κ3) is 2.53. The van der Waals surface area contributed by atoms with Gasteiger partial charge in [0.05, 0.1) is 15.9 Å². The maximum absolute atomic E-state index is 4.55. The molecule has 0 fully saturated rings. The average molecular weight is 304 g/mol. The van der Waals surface area contributed by atoms with E-state index < -0.39 is 0 Å². The number of rotatable bonds is 4. The van der Waals surface area contributed by atoms with E-state index in [0.29, 0.717) is 0 Å². The molecule has 6 heteroatoms. The monoisotopic (exact) mass is 304 g/mol. The Kier molecular flexibility index (Phi) is 3.67. The summed E-state index contributed by atoms with van der Waals surface area (Å²) in [5.41, 5.74) is 5.60. The molecule has 104 valence electrons. The third-order valence-corrected chi connectivity index (χ3v) is 5.30. The second-order valence-corrected chi connectivity index (χ2v) is 6.72.